The summed E-state index contributed by atoms with van der Waals surface area (Å²) in [7, 11) is 2.24. The van der Waals surface area contributed by atoms with Crippen molar-refractivity contribution in [3.63, 3.8) is 0 Å². The van der Waals surface area contributed by atoms with Crippen molar-refractivity contribution >= 4 is 11.7 Å². The van der Waals surface area contributed by atoms with Crippen LogP contribution in [-0.4, -0.2) is 43.9 Å². The first-order valence-corrected chi connectivity index (χ1v) is 8.77. The quantitative estimate of drug-likeness (QED) is 0.802. The van der Waals surface area contributed by atoms with Crippen LogP contribution in [0.5, 0.6) is 0 Å². The molecule has 0 spiro atoms. The fourth-order valence-electron chi connectivity index (χ4n) is 3.22. The standard InChI is InChI=1S/C20H30N2O2/c1-16(2)17-9-8-10-18(15-17)20(3,4)21-19(23)24-14-13-22(5)11-6-7-12-22/h8-10,15H,1,6-7,11-14H2,2-5H3/p+1. The number of quaternary nitrogens is 1. The van der Waals surface area contributed by atoms with Gasteiger partial charge in [0.15, 0.2) is 0 Å². The number of likely N-dealkylation sites (tertiary alicyclic amines) is 1. The van der Waals surface area contributed by atoms with Gasteiger partial charge in [-0.05, 0) is 38.0 Å². The molecule has 0 atom stereocenters. The number of nitrogens with one attached hydrogen (secondary N) is 1. The third-order valence-electron chi connectivity index (χ3n) is 5.00. The van der Waals surface area contributed by atoms with Crippen molar-refractivity contribution in [2.75, 3.05) is 33.3 Å². The van der Waals surface area contributed by atoms with Gasteiger partial charge in [-0.3, -0.25) is 0 Å². The molecule has 1 saturated heterocycles. The molecule has 1 aliphatic rings. The Kier molecular flexibility index (Phi) is 5.70. The van der Waals surface area contributed by atoms with Crippen LogP contribution in [0.2, 0.25) is 0 Å². The van der Waals surface area contributed by atoms with E-state index < -0.39 is 5.54 Å². The lowest BCUT2D eigenvalue weighted by Gasteiger charge is -2.30. The summed E-state index contributed by atoms with van der Waals surface area (Å²) in [5.41, 5.74) is 2.65. The largest absolute Gasteiger partial charge is 0.444 e. The maximum atomic E-state index is 12.2. The van der Waals surface area contributed by atoms with Crippen molar-refractivity contribution < 1.29 is 14.0 Å². The number of nitrogens with zero attached hydrogens (tertiary/aromatic N) is 1. The molecule has 24 heavy (non-hydrogen) atoms. The number of hydrogen-bond donors (Lipinski definition) is 1. The minimum atomic E-state index is -0.491. The molecule has 1 aliphatic heterocycles. The summed E-state index contributed by atoms with van der Waals surface area (Å²) in [6, 6.07) is 8.11. The lowest BCUT2D eigenvalue weighted by atomic mass is 9.92. The number of likely N-dealkylation sites (N-methyl/N-ethyl adjacent to an activating group) is 1. The van der Waals surface area contributed by atoms with Gasteiger partial charge < -0.3 is 14.5 Å². The minimum absolute atomic E-state index is 0.355. The van der Waals surface area contributed by atoms with Crippen molar-refractivity contribution in [1.29, 1.82) is 0 Å². The predicted octanol–water partition coefficient (Wildman–Crippen LogP) is 3.92. The number of allylic oxidation sites excluding steroid dienone is 1. The first-order chi connectivity index (χ1) is 11.2. The van der Waals surface area contributed by atoms with Crippen molar-refractivity contribution in [3.05, 3.63) is 42.0 Å². The molecular weight excluding hydrogens is 300 g/mol. The van der Waals surface area contributed by atoms with E-state index in [4.69, 9.17) is 4.74 Å². The smallest absolute Gasteiger partial charge is 0.408 e. The number of hydrogen-bond acceptors (Lipinski definition) is 2. The Morgan fingerprint density at radius 3 is 2.62 bits per heavy atom. The van der Waals surface area contributed by atoms with E-state index in [-0.39, 0.29) is 6.09 Å². The van der Waals surface area contributed by atoms with Gasteiger partial charge in [0, 0.05) is 12.8 Å². The van der Waals surface area contributed by atoms with Crippen LogP contribution in [0.3, 0.4) is 0 Å². The second-order valence-corrected chi connectivity index (χ2v) is 7.74. The average Bonchev–Trinajstić information content (AvgIpc) is 2.93. The summed E-state index contributed by atoms with van der Waals surface area (Å²) >= 11 is 0. The molecule has 1 aromatic carbocycles. The second-order valence-electron chi connectivity index (χ2n) is 7.74. The molecule has 0 aliphatic carbocycles. The van der Waals surface area contributed by atoms with E-state index in [1.54, 1.807) is 0 Å². The summed E-state index contributed by atoms with van der Waals surface area (Å²) in [5, 5.41) is 2.98. The summed E-state index contributed by atoms with van der Waals surface area (Å²) in [6.07, 6.45) is 2.19. The van der Waals surface area contributed by atoms with Crippen molar-refractivity contribution in [2.45, 2.75) is 39.2 Å². The van der Waals surface area contributed by atoms with E-state index >= 15 is 0 Å². The summed E-state index contributed by atoms with van der Waals surface area (Å²) in [5.74, 6) is 0. The highest BCUT2D eigenvalue weighted by molar-refractivity contribution is 5.69. The Morgan fingerprint density at radius 2 is 2.00 bits per heavy atom. The second kappa shape index (κ2) is 7.39. The first kappa shape index (κ1) is 18.5. The number of alkyl carbamates (subject to hydrolysis) is 1. The zero-order valence-corrected chi connectivity index (χ0v) is 15.5. The van der Waals surface area contributed by atoms with Gasteiger partial charge in [0.1, 0.15) is 13.2 Å². The van der Waals surface area contributed by atoms with Crippen LogP contribution in [-0.2, 0) is 10.3 Å². The molecule has 0 unspecified atom stereocenters. The van der Waals surface area contributed by atoms with Gasteiger partial charge in [-0.25, -0.2) is 4.79 Å². The molecule has 1 aromatic rings. The highest BCUT2D eigenvalue weighted by atomic mass is 16.5. The maximum Gasteiger partial charge on any atom is 0.408 e. The Morgan fingerprint density at radius 1 is 1.33 bits per heavy atom. The molecule has 0 bridgehead atoms. The molecule has 1 fully saturated rings. The van der Waals surface area contributed by atoms with Crippen LogP contribution in [0, 0.1) is 0 Å². The van der Waals surface area contributed by atoms with Gasteiger partial charge in [-0.2, -0.15) is 0 Å². The third-order valence-corrected chi connectivity index (χ3v) is 5.00. The molecule has 1 N–H and O–H groups in total. The highest BCUT2D eigenvalue weighted by Crippen LogP contribution is 2.23. The number of rotatable bonds is 6. The number of carbonyl (C=O) groups excluding carboxylic acids is 1. The van der Waals surface area contributed by atoms with Crippen LogP contribution >= 0.6 is 0 Å². The zero-order chi connectivity index (χ0) is 17.8. The molecule has 0 radical (unpaired) electrons. The lowest BCUT2D eigenvalue weighted by Crippen LogP contribution is -2.45. The molecule has 132 valence electrons. The Bertz CT molecular complexity index is 601. The predicted molar refractivity (Wildman–Crippen MR) is 98.7 cm³/mol. The van der Waals surface area contributed by atoms with Gasteiger partial charge in [0.05, 0.1) is 25.7 Å². The van der Waals surface area contributed by atoms with E-state index in [0.29, 0.717) is 6.61 Å². The number of benzene rings is 1. The van der Waals surface area contributed by atoms with E-state index in [9.17, 15) is 4.79 Å². The Balaban J connectivity index is 1.89. The van der Waals surface area contributed by atoms with Gasteiger partial charge in [0.2, 0.25) is 0 Å². The highest BCUT2D eigenvalue weighted by Gasteiger charge is 2.28. The van der Waals surface area contributed by atoms with E-state index in [0.717, 1.165) is 27.7 Å². The minimum Gasteiger partial charge on any atom is -0.444 e. The van der Waals surface area contributed by atoms with Gasteiger partial charge in [-0.15, -0.1) is 0 Å². The molecule has 1 heterocycles. The van der Waals surface area contributed by atoms with E-state index in [1.807, 2.05) is 39.0 Å². The van der Waals surface area contributed by atoms with Crippen molar-refractivity contribution in [3.8, 4) is 0 Å². The van der Waals surface area contributed by atoms with Gasteiger partial charge in [-0.1, -0.05) is 30.4 Å². The van der Waals surface area contributed by atoms with Crippen LogP contribution in [0.15, 0.2) is 30.8 Å². The topological polar surface area (TPSA) is 38.3 Å². The first-order valence-electron chi connectivity index (χ1n) is 8.77. The summed E-state index contributed by atoms with van der Waals surface area (Å²) in [6.45, 7) is 13.7. The van der Waals surface area contributed by atoms with Gasteiger partial charge >= 0.3 is 6.09 Å². The van der Waals surface area contributed by atoms with Crippen LogP contribution in [0.1, 0.15) is 44.7 Å². The zero-order valence-electron chi connectivity index (χ0n) is 15.5. The van der Waals surface area contributed by atoms with Crippen molar-refractivity contribution in [1.82, 2.24) is 5.32 Å². The summed E-state index contributed by atoms with van der Waals surface area (Å²) in [4.78, 5) is 12.2. The summed E-state index contributed by atoms with van der Waals surface area (Å²) < 4.78 is 6.43. The number of amides is 1. The molecule has 0 saturated carbocycles. The Hall–Kier alpha value is -1.81. The van der Waals surface area contributed by atoms with Crippen LogP contribution in [0.25, 0.3) is 5.57 Å². The van der Waals surface area contributed by atoms with E-state index in [1.165, 1.54) is 25.9 Å². The lowest BCUT2D eigenvalue weighted by molar-refractivity contribution is -0.897. The monoisotopic (exact) mass is 331 g/mol. The molecular formula is C20H31N2O2+. The third kappa shape index (κ3) is 4.84. The molecule has 2 rings (SSSR count). The fourth-order valence-corrected chi connectivity index (χ4v) is 3.22. The Labute approximate surface area is 146 Å². The van der Waals surface area contributed by atoms with Crippen LogP contribution < -0.4 is 5.32 Å². The normalized spacial score (nSPS) is 16.7. The van der Waals surface area contributed by atoms with Crippen molar-refractivity contribution in [2.24, 2.45) is 0 Å². The number of ether oxygens (including phenoxy) is 1. The SMILES string of the molecule is C=C(C)c1cccc(C(C)(C)NC(=O)OCC[N+]2(C)CCCC2)c1. The average molecular weight is 331 g/mol. The molecule has 0 aromatic heterocycles. The number of carbonyl (C=O) groups is 1. The molecule has 4 heteroatoms. The van der Waals surface area contributed by atoms with E-state index in [2.05, 4.69) is 25.0 Å². The fraction of sp³-hybridized carbons (Fsp3) is 0.550. The maximum absolute atomic E-state index is 12.2. The molecule has 4 nitrogen and oxygen atoms in total. The van der Waals surface area contributed by atoms with Crippen LogP contribution in [0.4, 0.5) is 4.79 Å². The van der Waals surface area contributed by atoms with Gasteiger partial charge in [0.25, 0.3) is 0 Å². The molecule has 1 amide bonds.